The van der Waals surface area contributed by atoms with Gasteiger partial charge in [-0.2, -0.15) is 0 Å². The Morgan fingerprint density at radius 3 is 3.17 bits per heavy atom. The Balaban J connectivity index is 1.88. The monoisotopic (exact) mass is 257 g/mol. The molecule has 1 N–H and O–H groups in total. The minimum absolute atomic E-state index is 0.899. The predicted octanol–water partition coefficient (Wildman–Crippen LogP) is 2.29. The fourth-order valence-corrected chi connectivity index (χ4v) is 4.07. The minimum Gasteiger partial charge on any atom is -0.370 e. The van der Waals surface area contributed by atoms with Gasteiger partial charge in [-0.25, -0.2) is 0 Å². The molecule has 1 aromatic carbocycles. The van der Waals surface area contributed by atoms with Crippen LogP contribution in [0.2, 0.25) is 0 Å². The van der Waals surface area contributed by atoms with Crippen molar-refractivity contribution < 1.29 is 0 Å². The molecule has 0 amide bonds. The Kier molecular flexibility index (Phi) is 2.36. The molecule has 0 spiro atoms. The minimum atomic E-state index is 0.899. The third-order valence-corrected chi connectivity index (χ3v) is 4.82. The van der Waals surface area contributed by atoms with E-state index < -0.39 is 0 Å². The van der Waals surface area contributed by atoms with E-state index in [1.54, 1.807) is 0 Å². The van der Waals surface area contributed by atoms with Gasteiger partial charge in [0, 0.05) is 33.8 Å². The molecular weight excluding hydrogens is 242 g/mol. The molecule has 2 aromatic rings. The zero-order chi connectivity index (χ0) is 11.9. The molecule has 92 valence electrons. The van der Waals surface area contributed by atoms with Gasteiger partial charge in [0.15, 0.2) is 0 Å². The zero-order valence-corrected chi connectivity index (χ0v) is 11.0. The number of hydrogen-bond donors (Lipinski definition) is 1. The van der Waals surface area contributed by atoms with E-state index in [0.717, 1.165) is 25.5 Å². The number of para-hydroxylation sites is 1. The molecular formula is C14H15N3S. The number of amidine groups is 1. The molecule has 0 saturated carbocycles. The van der Waals surface area contributed by atoms with E-state index in [4.69, 9.17) is 0 Å². The topological polar surface area (TPSA) is 29.3 Å². The number of nitrogens with zero attached hydrogens (tertiary/aromatic N) is 2. The molecule has 1 aromatic heterocycles. The molecule has 2 aliphatic heterocycles. The number of hydrogen-bond acceptors (Lipinski definition) is 3. The van der Waals surface area contributed by atoms with Gasteiger partial charge in [-0.1, -0.05) is 18.2 Å². The second-order valence-corrected chi connectivity index (χ2v) is 5.84. The molecule has 3 heterocycles. The average Bonchev–Trinajstić information content (AvgIpc) is 3.10. The van der Waals surface area contributed by atoms with Crippen LogP contribution in [0.5, 0.6) is 0 Å². The van der Waals surface area contributed by atoms with Crippen molar-refractivity contribution in [2.75, 3.05) is 18.8 Å². The highest BCUT2D eigenvalue weighted by atomic mass is 32.2. The van der Waals surface area contributed by atoms with Crippen LogP contribution in [0, 0.1) is 0 Å². The molecule has 4 rings (SSSR count). The van der Waals surface area contributed by atoms with Crippen LogP contribution in [-0.2, 0) is 13.0 Å². The van der Waals surface area contributed by atoms with E-state index in [2.05, 4.69) is 39.1 Å². The highest BCUT2D eigenvalue weighted by Crippen LogP contribution is 2.39. The SMILES string of the molecule is c1ccc2c(c1)c1c(n2CC2=NCCN2)CCS1. The molecule has 4 heteroatoms. The number of rotatable bonds is 2. The lowest BCUT2D eigenvalue weighted by Crippen LogP contribution is -2.24. The maximum absolute atomic E-state index is 4.52. The first-order valence-electron chi connectivity index (χ1n) is 6.43. The van der Waals surface area contributed by atoms with Crippen molar-refractivity contribution in [3.05, 3.63) is 30.0 Å². The van der Waals surface area contributed by atoms with Crippen LogP contribution >= 0.6 is 11.8 Å². The largest absolute Gasteiger partial charge is 0.370 e. The van der Waals surface area contributed by atoms with Gasteiger partial charge in [-0.05, 0) is 12.5 Å². The number of benzene rings is 1. The van der Waals surface area contributed by atoms with E-state index in [1.165, 1.54) is 33.7 Å². The van der Waals surface area contributed by atoms with E-state index in [0.29, 0.717) is 0 Å². The Labute approximate surface area is 110 Å². The van der Waals surface area contributed by atoms with Crippen LogP contribution in [0.15, 0.2) is 34.2 Å². The number of aliphatic imine (C=N–C) groups is 1. The Bertz CT molecular complexity index is 642. The number of aromatic nitrogens is 1. The summed E-state index contributed by atoms with van der Waals surface area (Å²) in [5, 5.41) is 4.78. The summed E-state index contributed by atoms with van der Waals surface area (Å²) in [5.41, 5.74) is 2.85. The van der Waals surface area contributed by atoms with Crippen molar-refractivity contribution in [2.24, 2.45) is 4.99 Å². The van der Waals surface area contributed by atoms with Gasteiger partial charge in [0.1, 0.15) is 5.84 Å². The Morgan fingerprint density at radius 1 is 1.33 bits per heavy atom. The van der Waals surface area contributed by atoms with Crippen LogP contribution in [0.3, 0.4) is 0 Å². The summed E-state index contributed by atoms with van der Waals surface area (Å²) in [6.45, 7) is 2.81. The zero-order valence-electron chi connectivity index (χ0n) is 10.1. The number of thioether (sulfide) groups is 1. The lowest BCUT2D eigenvalue weighted by atomic mass is 10.2. The maximum atomic E-state index is 4.52. The van der Waals surface area contributed by atoms with E-state index in [1.807, 2.05) is 11.8 Å². The first-order chi connectivity index (χ1) is 8.93. The molecule has 0 atom stereocenters. The quantitative estimate of drug-likeness (QED) is 0.894. The van der Waals surface area contributed by atoms with Gasteiger partial charge in [0.25, 0.3) is 0 Å². The molecule has 0 saturated heterocycles. The fraction of sp³-hybridized carbons (Fsp3) is 0.357. The fourth-order valence-electron chi connectivity index (χ4n) is 2.87. The summed E-state index contributed by atoms with van der Waals surface area (Å²) in [5.74, 6) is 2.35. The molecule has 0 aliphatic carbocycles. The molecule has 2 aliphatic rings. The van der Waals surface area contributed by atoms with Crippen LogP contribution in [-0.4, -0.2) is 29.2 Å². The predicted molar refractivity (Wildman–Crippen MR) is 76.7 cm³/mol. The Morgan fingerprint density at radius 2 is 2.28 bits per heavy atom. The van der Waals surface area contributed by atoms with E-state index in [9.17, 15) is 0 Å². The van der Waals surface area contributed by atoms with Crippen molar-refractivity contribution in [1.29, 1.82) is 0 Å². The molecule has 0 bridgehead atoms. The summed E-state index contributed by atoms with van der Waals surface area (Å²) >= 11 is 1.99. The first kappa shape index (κ1) is 10.5. The summed E-state index contributed by atoms with van der Waals surface area (Å²) < 4.78 is 2.45. The van der Waals surface area contributed by atoms with Crippen LogP contribution in [0.1, 0.15) is 5.69 Å². The number of nitrogens with one attached hydrogen (secondary N) is 1. The van der Waals surface area contributed by atoms with Crippen molar-refractivity contribution in [1.82, 2.24) is 9.88 Å². The molecule has 18 heavy (non-hydrogen) atoms. The summed E-state index contributed by atoms with van der Waals surface area (Å²) in [4.78, 5) is 6.01. The molecule has 0 unspecified atom stereocenters. The van der Waals surface area contributed by atoms with Gasteiger partial charge < -0.3 is 9.88 Å². The average molecular weight is 257 g/mol. The third-order valence-electron chi connectivity index (χ3n) is 3.66. The number of fused-ring (bicyclic) bond motifs is 3. The second kappa shape index (κ2) is 4.05. The maximum Gasteiger partial charge on any atom is 0.117 e. The van der Waals surface area contributed by atoms with E-state index >= 15 is 0 Å². The van der Waals surface area contributed by atoms with Gasteiger partial charge in [0.2, 0.25) is 0 Å². The summed E-state index contributed by atoms with van der Waals surface area (Å²) in [6.07, 6.45) is 1.18. The van der Waals surface area contributed by atoms with Crippen LogP contribution < -0.4 is 5.32 Å². The highest BCUT2D eigenvalue weighted by molar-refractivity contribution is 7.99. The highest BCUT2D eigenvalue weighted by Gasteiger charge is 2.22. The standard InChI is InChI=1S/C14H15N3S/c1-2-4-11-10(3-1)14-12(5-8-18-14)17(11)9-13-15-6-7-16-13/h1-4H,5-9H2,(H,15,16). The summed E-state index contributed by atoms with van der Waals surface area (Å²) in [7, 11) is 0. The second-order valence-electron chi connectivity index (χ2n) is 4.73. The molecule has 0 radical (unpaired) electrons. The lowest BCUT2D eigenvalue weighted by Gasteiger charge is -2.09. The van der Waals surface area contributed by atoms with Crippen molar-refractivity contribution in [3.63, 3.8) is 0 Å². The smallest absolute Gasteiger partial charge is 0.117 e. The van der Waals surface area contributed by atoms with Gasteiger partial charge in [0.05, 0.1) is 13.1 Å². The van der Waals surface area contributed by atoms with Crippen molar-refractivity contribution >= 4 is 28.5 Å². The van der Waals surface area contributed by atoms with Gasteiger partial charge >= 0.3 is 0 Å². The van der Waals surface area contributed by atoms with Gasteiger partial charge in [-0.15, -0.1) is 11.8 Å². The molecule has 3 nitrogen and oxygen atoms in total. The van der Waals surface area contributed by atoms with Crippen molar-refractivity contribution in [3.8, 4) is 0 Å². The van der Waals surface area contributed by atoms with Gasteiger partial charge in [-0.3, -0.25) is 4.99 Å². The lowest BCUT2D eigenvalue weighted by molar-refractivity contribution is 0.798. The normalized spacial score (nSPS) is 17.9. The van der Waals surface area contributed by atoms with Crippen LogP contribution in [0.25, 0.3) is 10.9 Å². The van der Waals surface area contributed by atoms with Crippen molar-refractivity contribution in [2.45, 2.75) is 17.9 Å². The van der Waals surface area contributed by atoms with Crippen LogP contribution in [0.4, 0.5) is 0 Å². The first-order valence-corrected chi connectivity index (χ1v) is 7.42. The summed E-state index contributed by atoms with van der Waals surface area (Å²) in [6, 6.07) is 8.73. The third kappa shape index (κ3) is 1.48. The van der Waals surface area contributed by atoms with E-state index in [-0.39, 0.29) is 0 Å². The Hall–Kier alpha value is -1.42. The molecule has 0 fully saturated rings.